The first-order valence-electron chi connectivity index (χ1n) is 20.9. The fourth-order valence-corrected chi connectivity index (χ4v) is 8.17. The SMILES string of the molecule is CC(C)c1cc(-c2[c-]c(-c3cc(-c4ccccc4)cc4c(C(C)(C)C)ccnc34)ccc2)c2nc(-c3cc(C(C)(C)C)ccc3O)n(-c3ccc(C(C)(C)C)cc3)c2c1.[Pt]. The molecule has 2 aromatic heterocycles. The molecule has 0 atom stereocenters. The fourth-order valence-electron chi connectivity index (χ4n) is 8.17. The van der Waals surface area contributed by atoms with E-state index in [2.05, 4.69) is 196 Å². The summed E-state index contributed by atoms with van der Waals surface area (Å²) in [4.78, 5) is 10.5. The number of nitrogens with zero attached hydrogens (tertiary/aromatic N) is 3. The summed E-state index contributed by atoms with van der Waals surface area (Å²) in [5, 5.41) is 12.7. The molecule has 0 fully saturated rings. The molecular weight excluding hydrogens is 914 g/mol. The average molecular weight is 970 g/mol. The quantitative estimate of drug-likeness (QED) is 0.169. The van der Waals surface area contributed by atoms with Crippen molar-refractivity contribution in [1.82, 2.24) is 14.5 Å². The second-order valence-electron chi connectivity index (χ2n) is 19.5. The summed E-state index contributed by atoms with van der Waals surface area (Å²) in [6.07, 6.45) is 1.94. The molecule has 0 bridgehead atoms. The molecule has 2 heterocycles. The number of rotatable bonds is 6. The minimum atomic E-state index is -0.122. The van der Waals surface area contributed by atoms with Gasteiger partial charge in [0.15, 0.2) is 0 Å². The molecule has 0 saturated carbocycles. The van der Waals surface area contributed by atoms with Crippen molar-refractivity contribution in [2.75, 3.05) is 0 Å². The molecule has 308 valence electrons. The van der Waals surface area contributed by atoms with E-state index in [9.17, 15) is 5.11 Å². The first-order chi connectivity index (χ1) is 27.9. The van der Waals surface area contributed by atoms with Crippen LogP contribution < -0.4 is 0 Å². The summed E-state index contributed by atoms with van der Waals surface area (Å²) in [5.74, 6) is 1.15. The van der Waals surface area contributed by atoms with E-state index in [-0.39, 0.29) is 49.0 Å². The Morgan fingerprint density at radius 1 is 0.583 bits per heavy atom. The Morgan fingerprint density at radius 3 is 1.83 bits per heavy atom. The summed E-state index contributed by atoms with van der Waals surface area (Å²) in [5.41, 5.74) is 15.4. The molecule has 5 heteroatoms. The summed E-state index contributed by atoms with van der Waals surface area (Å²) in [6, 6.07) is 47.0. The largest absolute Gasteiger partial charge is 0.507 e. The zero-order chi connectivity index (χ0) is 42.0. The van der Waals surface area contributed by atoms with Crippen LogP contribution in [-0.4, -0.2) is 19.6 Å². The van der Waals surface area contributed by atoms with Crippen molar-refractivity contribution in [3.05, 3.63) is 156 Å². The van der Waals surface area contributed by atoms with Crippen LogP contribution in [0.4, 0.5) is 0 Å². The third-order valence-corrected chi connectivity index (χ3v) is 11.7. The van der Waals surface area contributed by atoms with Crippen molar-refractivity contribution in [3.8, 4) is 56.2 Å². The first kappa shape index (κ1) is 42.8. The van der Waals surface area contributed by atoms with Gasteiger partial charge in [-0.15, -0.1) is 35.4 Å². The number of fused-ring (bicyclic) bond motifs is 2. The number of pyridine rings is 1. The summed E-state index contributed by atoms with van der Waals surface area (Å²) >= 11 is 0. The maximum absolute atomic E-state index is 11.6. The smallest absolute Gasteiger partial charge is 0.148 e. The zero-order valence-electron chi connectivity index (χ0n) is 36.8. The van der Waals surface area contributed by atoms with Gasteiger partial charge in [0.2, 0.25) is 0 Å². The van der Waals surface area contributed by atoms with Crippen molar-refractivity contribution in [1.29, 1.82) is 0 Å². The maximum Gasteiger partial charge on any atom is 0.148 e. The van der Waals surface area contributed by atoms with Gasteiger partial charge in [0.05, 0.1) is 16.6 Å². The molecule has 0 radical (unpaired) electrons. The van der Waals surface area contributed by atoms with Crippen LogP contribution in [0.1, 0.15) is 104 Å². The van der Waals surface area contributed by atoms with E-state index in [4.69, 9.17) is 9.97 Å². The molecule has 0 amide bonds. The fraction of sp³-hybridized carbons (Fsp3) is 0.273. The molecule has 1 N–H and O–H groups in total. The van der Waals surface area contributed by atoms with Gasteiger partial charge >= 0.3 is 0 Å². The van der Waals surface area contributed by atoms with Gasteiger partial charge in [0.1, 0.15) is 11.6 Å². The molecular formula is C55H56N3OPt-. The average Bonchev–Trinajstić information content (AvgIpc) is 3.58. The molecule has 8 aromatic rings. The molecule has 8 rings (SSSR count). The second-order valence-corrected chi connectivity index (χ2v) is 19.5. The third kappa shape index (κ3) is 8.12. The number of phenolic OH excluding ortho intramolecular Hbond substituents is 1. The number of imidazole rings is 1. The van der Waals surface area contributed by atoms with Gasteiger partial charge in [-0.25, -0.2) is 4.98 Å². The Morgan fingerprint density at radius 2 is 1.22 bits per heavy atom. The molecule has 6 aromatic carbocycles. The summed E-state index contributed by atoms with van der Waals surface area (Å²) < 4.78 is 2.23. The standard InChI is InChI=1S/C55H56N3O.Pt/c1-34(2)38-29-44(37-19-15-18-36(28-37)43-30-39(35-16-13-12-14-17-35)31-45-47(55(9,10)11)26-27-56-50(43)45)51-48(32-38)58(42-23-20-40(21-24-42)53(3,4)5)52(57-51)46-33-41(54(6,7)8)22-25-49(46)59;/h12-27,29-34,59H,1-11H3;/q-1;. The molecule has 0 spiro atoms. The van der Waals surface area contributed by atoms with E-state index in [0.717, 1.165) is 66.6 Å². The number of hydrogen-bond donors (Lipinski definition) is 1. The van der Waals surface area contributed by atoms with Crippen LogP contribution in [0.25, 0.3) is 72.4 Å². The van der Waals surface area contributed by atoms with Gasteiger partial charge in [-0.05, 0) is 97.8 Å². The van der Waals surface area contributed by atoms with Crippen LogP contribution in [0.2, 0.25) is 0 Å². The minimum Gasteiger partial charge on any atom is -0.507 e. The van der Waals surface area contributed by atoms with Gasteiger partial charge in [0.25, 0.3) is 0 Å². The van der Waals surface area contributed by atoms with E-state index >= 15 is 0 Å². The van der Waals surface area contributed by atoms with Gasteiger partial charge in [-0.3, -0.25) is 9.55 Å². The molecule has 0 aliphatic carbocycles. The van der Waals surface area contributed by atoms with E-state index in [1.165, 1.54) is 16.7 Å². The molecule has 60 heavy (non-hydrogen) atoms. The van der Waals surface area contributed by atoms with Crippen LogP contribution >= 0.6 is 0 Å². The summed E-state index contributed by atoms with van der Waals surface area (Å²) in [6.45, 7) is 24.6. The predicted octanol–water partition coefficient (Wildman–Crippen LogP) is 14.8. The Balaban J connectivity index is 0.00000544. The van der Waals surface area contributed by atoms with Crippen LogP contribution in [0.15, 0.2) is 128 Å². The van der Waals surface area contributed by atoms with Crippen LogP contribution in [-0.2, 0) is 37.3 Å². The van der Waals surface area contributed by atoms with E-state index in [0.29, 0.717) is 11.4 Å². The normalized spacial score (nSPS) is 12.3. The topological polar surface area (TPSA) is 50.9 Å². The van der Waals surface area contributed by atoms with E-state index < -0.39 is 0 Å². The predicted molar refractivity (Wildman–Crippen MR) is 249 cm³/mol. The molecule has 0 aliphatic heterocycles. The Labute approximate surface area is 371 Å². The summed E-state index contributed by atoms with van der Waals surface area (Å²) in [7, 11) is 0. The van der Waals surface area contributed by atoms with E-state index in [1.54, 1.807) is 0 Å². The number of phenols is 1. The number of benzene rings is 6. The minimum absolute atomic E-state index is 0. The Kier molecular flexibility index (Phi) is 11.4. The van der Waals surface area contributed by atoms with E-state index in [1.807, 2.05) is 18.3 Å². The second kappa shape index (κ2) is 15.9. The van der Waals surface area contributed by atoms with Gasteiger partial charge in [0, 0.05) is 38.5 Å². The molecule has 4 nitrogen and oxygen atoms in total. The first-order valence-corrected chi connectivity index (χ1v) is 20.9. The Bertz CT molecular complexity index is 2850. The van der Waals surface area contributed by atoms with Crippen molar-refractivity contribution in [3.63, 3.8) is 0 Å². The van der Waals surface area contributed by atoms with Crippen LogP contribution in [0, 0.1) is 6.07 Å². The van der Waals surface area contributed by atoms with Gasteiger partial charge < -0.3 is 5.11 Å². The van der Waals surface area contributed by atoms with Gasteiger partial charge in [-0.1, -0.05) is 154 Å². The molecule has 0 unspecified atom stereocenters. The number of hydrogen-bond acceptors (Lipinski definition) is 3. The van der Waals surface area contributed by atoms with Gasteiger partial charge in [-0.2, -0.15) is 0 Å². The third-order valence-electron chi connectivity index (χ3n) is 11.7. The van der Waals surface area contributed by atoms with Crippen LogP contribution in [0.5, 0.6) is 5.75 Å². The van der Waals surface area contributed by atoms with Crippen molar-refractivity contribution in [2.45, 2.75) is 98.3 Å². The monoisotopic (exact) mass is 969 g/mol. The molecule has 0 aliphatic rings. The van der Waals surface area contributed by atoms with Crippen molar-refractivity contribution >= 4 is 21.9 Å². The molecule has 0 saturated heterocycles. The van der Waals surface area contributed by atoms with Crippen molar-refractivity contribution in [2.24, 2.45) is 0 Å². The van der Waals surface area contributed by atoms with Crippen LogP contribution in [0.3, 0.4) is 0 Å². The maximum atomic E-state index is 11.6. The zero-order valence-corrected chi connectivity index (χ0v) is 39.1. The van der Waals surface area contributed by atoms with Crippen molar-refractivity contribution < 1.29 is 26.2 Å². The number of aromatic nitrogens is 3. The Hall–Kier alpha value is -5.31. The number of aromatic hydroxyl groups is 1.